The third kappa shape index (κ3) is 2.53. The molecule has 0 fully saturated rings. The minimum absolute atomic E-state index is 0.0661. The Morgan fingerprint density at radius 3 is 2.64 bits per heavy atom. The Bertz CT molecular complexity index is 899. The van der Waals surface area contributed by atoms with E-state index in [1.54, 1.807) is 10.6 Å². The topological polar surface area (TPSA) is 47.4 Å². The third-order valence-corrected chi connectivity index (χ3v) is 5.52. The molecule has 2 heterocycles. The molecule has 0 N–H and O–H groups in total. The van der Waals surface area contributed by atoms with Gasteiger partial charge in [0.15, 0.2) is 11.6 Å². The summed E-state index contributed by atoms with van der Waals surface area (Å²) in [6.45, 7) is 3.88. The van der Waals surface area contributed by atoms with Gasteiger partial charge >= 0.3 is 5.69 Å². The Kier molecular flexibility index (Phi) is 3.93. The minimum atomic E-state index is -0.959. The van der Waals surface area contributed by atoms with Crippen LogP contribution in [0.15, 0.2) is 29.1 Å². The van der Waals surface area contributed by atoms with Gasteiger partial charge in [0, 0.05) is 29.6 Å². The first kappa shape index (κ1) is 17.5. The van der Waals surface area contributed by atoms with E-state index < -0.39 is 22.7 Å². The van der Waals surface area contributed by atoms with Crippen LogP contribution in [0, 0.1) is 11.6 Å². The molecule has 130 valence electrons. The lowest BCUT2D eigenvalue weighted by Crippen LogP contribution is -2.57. The Balaban J connectivity index is 1.95. The van der Waals surface area contributed by atoms with Crippen molar-refractivity contribution in [3.8, 4) is 5.88 Å². The monoisotopic (exact) mass is 345 g/mol. The number of anilines is 1. The number of ether oxygens (including phenoxy) is 1. The van der Waals surface area contributed by atoms with Crippen LogP contribution in [0.3, 0.4) is 0 Å². The van der Waals surface area contributed by atoms with Crippen LogP contribution in [0.4, 0.5) is 14.6 Å². The molecule has 0 saturated heterocycles. The summed E-state index contributed by atoms with van der Waals surface area (Å²) in [6.07, 6.45) is 0. The molecule has 0 bridgehead atoms. The molecule has 3 rings (SSSR count). The highest BCUT2D eigenvalue weighted by atomic mass is 19.2. The van der Waals surface area contributed by atoms with E-state index in [0.717, 1.165) is 6.07 Å². The second-order valence-electron chi connectivity index (χ2n) is 7.25. The van der Waals surface area contributed by atoms with E-state index in [1.807, 2.05) is 41.5 Å². The summed E-state index contributed by atoms with van der Waals surface area (Å²) < 4.78 is 34.1. The van der Waals surface area contributed by atoms with Crippen LogP contribution in [0.5, 0.6) is 5.88 Å². The molecule has 0 atom stereocenters. The molecule has 1 aromatic carbocycles. The second-order valence-corrected chi connectivity index (χ2v) is 7.25. The summed E-state index contributed by atoms with van der Waals surface area (Å²) in [5.74, 6) is -1.14. The second kappa shape index (κ2) is 5.61. The molecule has 0 amide bonds. The van der Waals surface area contributed by atoms with E-state index in [1.165, 1.54) is 12.1 Å². The van der Waals surface area contributed by atoms with E-state index in [9.17, 15) is 13.6 Å². The number of likely N-dealkylation sites (N-methyl/N-ethyl adjacent to an activating group) is 1. The van der Waals surface area contributed by atoms with Gasteiger partial charge in [-0.05, 0) is 19.9 Å². The van der Waals surface area contributed by atoms with Crippen molar-refractivity contribution in [2.45, 2.75) is 31.3 Å². The van der Waals surface area contributed by atoms with E-state index in [-0.39, 0.29) is 23.6 Å². The lowest BCUT2D eigenvalue weighted by molar-refractivity contribution is 0.283. The van der Waals surface area contributed by atoms with Gasteiger partial charge in [-0.1, -0.05) is 12.1 Å². The highest BCUT2D eigenvalue weighted by Crippen LogP contribution is 2.41. The summed E-state index contributed by atoms with van der Waals surface area (Å²) in [5.41, 5.74) is -0.681. The summed E-state index contributed by atoms with van der Waals surface area (Å²) in [7, 11) is 5.85. The third-order valence-electron chi connectivity index (χ3n) is 5.52. The SMILES string of the molecule is BC1(B)n2c(cc(OCc3cccc(F)c3F)nc2=O)N(C)C1(C)C. The van der Waals surface area contributed by atoms with Crippen LogP contribution in [-0.2, 0) is 11.9 Å². The summed E-state index contributed by atoms with van der Waals surface area (Å²) in [6, 6.07) is 5.52. The minimum Gasteiger partial charge on any atom is -0.472 e. The fourth-order valence-electron chi connectivity index (χ4n) is 3.08. The Labute approximate surface area is 146 Å². The van der Waals surface area contributed by atoms with Crippen LogP contribution in [0.2, 0.25) is 0 Å². The van der Waals surface area contributed by atoms with Gasteiger partial charge in [-0.15, -0.1) is 0 Å². The van der Waals surface area contributed by atoms with Crippen molar-refractivity contribution in [1.29, 1.82) is 0 Å². The quantitative estimate of drug-likeness (QED) is 0.747. The molecular weight excluding hydrogens is 326 g/mol. The number of nitrogens with zero attached hydrogens (tertiary/aromatic N) is 3. The first-order valence-electron chi connectivity index (χ1n) is 8.01. The van der Waals surface area contributed by atoms with Crippen molar-refractivity contribution in [3.63, 3.8) is 0 Å². The van der Waals surface area contributed by atoms with Crippen LogP contribution in [0.1, 0.15) is 19.4 Å². The standard InChI is InChI=1S/C16H19B2F2N3O2/c1-15(2)16(17,18)23-12(22(15)3)7-11(21-14(23)24)25-8-9-5-4-6-10(19)13(9)20/h4-7H,8,17-18H2,1-3H3. The number of aromatic nitrogens is 2. The summed E-state index contributed by atoms with van der Waals surface area (Å²) >= 11 is 0. The summed E-state index contributed by atoms with van der Waals surface area (Å²) in [4.78, 5) is 18.5. The number of rotatable bonds is 3. The van der Waals surface area contributed by atoms with Gasteiger partial charge in [0.25, 0.3) is 0 Å². The fraction of sp³-hybridized carbons (Fsp3) is 0.375. The van der Waals surface area contributed by atoms with Crippen molar-refractivity contribution < 1.29 is 13.5 Å². The molecule has 25 heavy (non-hydrogen) atoms. The van der Waals surface area contributed by atoms with E-state index in [4.69, 9.17) is 4.74 Å². The Morgan fingerprint density at radius 1 is 1.28 bits per heavy atom. The maximum absolute atomic E-state index is 13.7. The van der Waals surface area contributed by atoms with Crippen molar-refractivity contribution in [3.05, 3.63) is 51.9 Å². The predicted molar refractivity (Wildman–Crippen MR) is 96.7 cm³/mol. The number of halogens is 2. The zero-order valence-electron chi connectivity index (χ0n) is 14.9. The van der Waals surface area contributed by atoms with Crippen molar-refractivity contribution >= 4 is 21.5 Å². The lowest BCUT2D eigenvalue weighted by atomic mass is 9.53. The number of benzene rings is 1. The van der Waals surface area contributed by atoms with Crippen LogP contribution in [0.25, 0.3) is 0 Å². The molecule has 0 aliphatic carbocycles. The Hall–Kier alpha value is -2.31. The maximum atomic E-state index is 13.7. The molecule has 1 aliphatic rings. The molecule has 0 radical (unpaired) electrons. The smallest absolute Gasteiger partial charge is 0.351 e. The maximum Gasteiger partial charge on any atom is 0.351 e. The van der Waals surface area contributed by atoms with Crippen LogP contribution >= 0.6 is 0 Å². The van der Waals surface area contributed by atoms with Gasteiger partial charge in [0.2, 0.25) is 5.88 Å². The molecule has 1 aromatic heterocycles. The normalized spacial score (nSPS) is 17.4. The first-order chi connectivity index (χ1) is 11.6. The molecule has 1 aliphatic heterocycles. The number of fused-ring (bicyclic) bond motifs is 1. The average molecular weight is 345 g/mol. The van der Waals surface area contributed by atoms with Gasteiger partial charge in [0.1, 0.15) is 28.1 Å². The van der Waals surface area contributed by atoms with E-state index >= 15 is 0 Å². The average Bonchev–Trinajstić information content (AvgIpc) is 2.67. The van der Waals surface area contributed by atoms with Crippen molar-refractivity contribution in [2.75, 3.05) is 11.9 Å². The lowest BCUT2D eigenvalue weighted by Gasteiger charge is -2.39. The molecule has 9 heteroatoms. The highest BCUT2D eigenvalue weighted by molar-refractivity contribution is 6.39. The number of hydrogen-bond donors (Lipinski definition) is 0. The largest absolute Gasteiger partial charge is 0.472 e. The van der Waals surface area contributed by atoms with Crippen LogP contribution < -0.4 is 15.3 Å². The molecule has 0 saturated carbocycles. The molecule has 0 spiro atoms. The van der Waals surface area contributed by atoms with Gasteiger partial charge in [-0.2, -0.15) is 4.98 Å². The zero-order valence-corrected chi connectivity index (χ0v) is 14.9. The predicted octanol–water partition coefficient (Wildman–Crippen LogP) is 0.205. The van der Waals surface area contributed by atoms with Gasteiger partial charge in [-0.3, -0.25) is 4.57 Å². The van der Waals surface area contributed by atoms with E-state index in [2.05, 4.69) is 4.98 Å². The molecule has 0 unspecified atom stereocenters. The van der Waals surface area contributed by atoms with Gasteiger partial charge in [0.05, 0.1) is 0 Å². The highest BCUT2D eigenvalue weighted by Gasteiger charge is 2.49. The van der Waals surface area contributed by atoms with Crippen molar-refractivity contribution in [1.82, 2.24) is 9.55 Å². The Morgan fingerprint density at radius 2 is 1.96 bits per heavy atom. The van der Waals surface area contributed by atoms with Crippen LogP contribution in [-0.4, -0.2) is 37.8 Å². The zero-order chi connectivity index (χ0) is 18.6. The molecule has 2 aromatic rings. The fourth-order valence-corrected chi connectivity index (χ4v) is 3.08. The van der Waals surface area contributed by atoms with Gasteiger partial charge < -0.3 is 9.64 Å². The first-order valence-corrected chi connectivity index (χ1v) is 8.01. The van der Waals surface area contributed by atoms with E-state index in [0.29, 0.717) is 5.82 Å². The summed E-state index contributed by atoms with van der Waals surface area (Å²) in [5, 5.41) is -0.464. The van der Waals surface area contributed by atoms with Gasteiger partial charge in [-0.25, -0.2) is 13.6 Å². The molecule has 5 nitrogen and oxygen atoms in total. The number of hydrogen-bond acceptors (Lipinski definition) is 4. The molecular formula is C16H19B2F2N3O2. The van der Waals surface area contributed by atoms with Crippen molar-refractivity contribution in [2.24, 2.45) is 0 Å².